The highest BCUT2D eigenvalue weighted by molar-refractivity contribution is 5.32. The Balaban J connectivity index is 2.95. The Morgan fingerprint density at radius 1 is 1.23 bits per heavy atom. The zero-order valence-corrected chi connectivity index (χ0v) is 9.22. The number of hydrogen-bond acceptors (Lipinski definition) is 0. The molecule has 0 heterocycles. The van der Waals surface area contributed by atoms with Crippen molar-refractivity contribution in [2.24, 2.45) is 0 Å². The van der Waals surface area contributed by atoms with Crippen molar-refractivity contribution < 1.29 is 0 Å². The molecular weight excluding hydrogens is 156 g/mol. The third-order valence-corrected chi connectivity index (χ3v) is 2.93. The summed E-state index contributed by atoms with van der Waals surface area (Å²) in [5.41, 5.74) is 4.41. The molecule has 0 saturated carbocycles. The molecule has 1 rings (SSSR count). The maximum absolute atomic E-state index is 2.34. The van der Waals surface area contributed by atoms with E-state index < -0.39 is 0 Å². The summed E-state index contributed by atoms with van der Waals surface area (Å²) < 4.78 is 0. The van der Waals surface area contributed by atoms with Gasteiger partial charge in [0.2, 0.25) is 0 Å². The van der Waals surface area contributed by atoms with Gasteiger partial charge in [-0.2, -0.15) is 0 Å². The van der Waals surface area contributed by atoms with Crippen LogP contribution in [0.1, 0.15) is 49.8 Å². The van der Waals surface area contributed by atoms with E-state index in [0.29, 0.717) is 5.92 Å². The van der Waals surface area contributed by atoms with Gasteiger partial charge in [0, 0.05) is 0 Å². The van der Waals surface area contributed by atoms with E-state index >= 15 is 0 Å². The Morgan fingerprint density at radius 3 is 2.38 bits per heavy atom. The first-order valence-electron chi connectivity index (χ1n) is 5.28. The highest BCUT2D eigenvalue weighted by Crippen LogP contribution is 2.21. The summed E-state index contributed by atoms with van der Waals surface area (Å²) in [5, 5.41) is 0. The van der Waals surface area contributed by atoms with Crippen molar-refractivity contribution in [1.82, 2.24) is 0 Å². The van der Waals surface area contributed by atoms with Gasteiger partial charge in [-0.25, -0.2) is 0 Å². The number of aryl methyl sites for hydroxylation is 2. The van der Waals surface area contributed by atoms with Gasteiger partial charge >= 0.3 is 0 Å². The number of hydrogen-bond donors (Lipinski definition) is 0. The first-order valence-corrected chi connectivity index (χ1v) is 5.28. The van der Waals surface area contributed by atoms with Crippen molar-refractivity contribution in [2.75, 3.05) is 0 Å². The molecule has 0 saturated heterocycles. The van der Waals surface area contributed by atoms with Gasteiger partial charge in [0.05, 0.1) is 0 Å². The van der Waals surface area contributed by atoms with Gasteiger partial charge in [-0.05, 0) is 42.4 Å². The smallest absolute Gasteiger partial charge is 0.0193 e. The van der Waals surface area contributed by atoms with Crippen LogP contribution in [0.25, 0.3) is 0 Å². The zero-order chi connectivity index (χ0) is 9.84. The number of benzene rings is 1. The largest absolute Gasteiger partial charge is 0.0648 e. The Bertz CT molecular complexity index is 273. The second kappa shape index (κ2) is 4.45. The molecule has 0 aromatic heterocycles. The first kappa shape index (κ1) is 10.3. The van der Waals surface area contributed by atoms with Gasteiger partial charge in [0.15, 0.2) is 0 Å². The summed E-state index contributed by atoms with van der Waals surface area (Å²) in [6.45, 7) is 8.96. The lowest BCUT2D eigenvalue weighted by atomic mass is 9.94. The van der Waals surface area contributed by atoms with E-state index in [1.54, 1.807) is 0 Å². The molecule has 72 valence electrons. The summed E-state index contributed by atoms with van der Waals surface area (Å²) in [4.78, 5) is 0. The Labute approximate surface area is 82.0 Å². The molecule has 0 N–H and O–H groups in total. The fraction of sp³-hybridized carbons (Fsp3) is 0.538. The van der Waals surface area contributed by atoms with Crippen LogP contribution in [0.3, 0.4) is 0 Å². The predicted molar refractivity (Wildman–Crippen MR) is 59.3 cm³/mol. The lowest BCUT2D eigenvalue weighted by Gasteiger charge is -2.11. The molecule has 0 fully saturated rings. The van der Waals surface area contributed by atoms with E-state index in [4.69, 9.17) is 0 Å². The van der Waals surface area contributed by atoms with Gasteiger partial charge < -0.3 is 0 Å². The lowest BCUT2D eigenvalue weighted by Crippen LogP contribution is -1.94. The third-order valence-electron chi connectivity index (χ3n) is 2.93. The quantitative estimate of drug-likeness (QED) is 0.651. The summed E-state index contributed by atoms with van der Waals surface area (Å²) >= 11 is 0. The lowest BCUT2D eigenvalue weighted by molar-refractivity contribution is 0.732. The monoisotopic (exact) mass is 176 g/mol. The Morgan fingerprint density at radius 2 is 1.92 bits per heavy atom. The van der Waals surface area contributed by atoms with Gasteiger partial charge in [-0.1, -0.05) is 39.0 Å². The fourth-order valence-electron chi connectivity index (χ4n) is 1.66. The predicted octanol–water partition coefficient (Wildman–Crippen LogP) is 4.07. The van der Waals surface area contributed by atoms with Gasteiger partial charge in [0.1, 0.15) is 0 Å². The SMILES string of the molecule is CCc1ccc(C(C)CC)cc1C. The van der Waals surface area contributed by atoms with Crippen LogP contribution in [0.5, 0.6) is 0 Å². The molecule has 1 atom stereocenters. The molecule has 1 unspecified atom stereocenters. The van der Waals surface area contributed by atoms with E-state index in [1.807, 2.05) is 0 Å². The third kappa shape index (κ3) is 2.33. The van der Waals surface area contributed by atoms with E-state index in [-0.39, 0.29) is 0 Å². The minimum absolute atomic E-state index is 0.699. The summed E-state index contributed by atoms with van der Waals surface area (Å²) in [7, 11) is 0. The van der Waals surface area contributed by atoms with Gasteiger partial charge in [-0.3, -0.25) is 0 Å². The van der Waals surface area contributed by atoms with Crippen molar-refractivity contribution in [3.8, 4) is 0 Å². The summed E-state index contributed by atoms with van der Waals surface area (Å²) in [5.74, 6) is 0.699. The highest BCUT2D eigenvalue weighted by Gasteiger charge is 2.04. The fourth-order valence-corrected chi connectivity index (χ4v) is 1.66. The summed E-state index contributed by atoms with van der Waals surface area (Å²) in [6.07, 6.45) is 2.37. The van der Waals surface area contributed by atoms with Crippen LogP contribution in [-0.2, 0) is 6.42 Å². The second-order valence-corrected chi connectivity index (χ2v) is 3.85. The molecule has 0 aliphatic heterocycles. The van der Waals surface area contributed by atoms with Crippen molar-refractivity contribution >= 4 is 0 Å². The van der Waals surface area contributed by atoms with Crippen molar-refractivity contribution in [3.63, 3.8) is 0 Å². The minimum atomic E-state index is 0.699. The van der Waals surface area contributed by atoms with E-state index in [9.17, 15) is 0 Å². The average molecular weight is 176 g/mol. The standard InChI is InChI=1S/C13H20/c1-5-10(3)13-8-7-12(6-2)11(4)9-13/h7-10H,5-6H2,1-4H3. The number of rotatable bonds is 3. The minimum Gasteiger partial charge on any atom is -0.0648 e. The van der Waals surface area contributed by atoms with Crippen molar-refractivity contribution in [2.45, 2.75) is 46.5 Å². The zero-order valence-electron chi connectivity index (χ0n) is 9.22. The van der Waals surface area contributed by atoms with Crippen molar-refractivity contribution in [3.05, 3.63) is 34.9 Å². The van der Waals surface area contributed by atoms with Crippen LogP contribution in [0.2, 0.25) is 0 Å². The highest BCUT2D eigenvalue weighted by atomic mass is 14.1. The van der Waals surface area contributed by atoms with Crippen LogP contribution in [0, 0.1) is 6.92 Å². The van der Waals surface area contributed by atoms with Crippen LogP contribution in [-0.4, -0.2) is 0 Å². The average Bonchev–Trinajstić information content (AvgIpc) is 2.16. The molecule has 0 nitrogen and oxygen atoms in total. The molecule has 0 bridgehead atoms. The molecular formula is C13H20. The van der Waals surface area contributed by atoms with Crippen molar-refractivity contribution in [1.29, 1.82) is 0 Å². The van der Waals surface area contributed by atoms with Gasteiger partial charge in [-0.15, -0.1) is 0 Å². The molecule has 1 aromatic rings. The molecule has 0 aliphatic carbocycles. The molecule has 0 heteroatoms. The molecule has 0 aliphatic rings. The van der Waals surface area contributed by atoms with E-state index in [2.05, 4.69) is 45.9 Å². The maximum atomic E-state index is 2.34. The molecule has 0 spiro atoms. The van der Waals surface area contributed by atoms with Crippen LogP contribution in [0.4, 0.5) is 0 Å². The first-order chi connectivity index (χ1) is 6.19. The summed E-state index contributed by atoms with van der Waals surface area (Å²) in [6, 6.07) is 6.89. The van der Waals surface area contributed by atoms with Crippen LogP contribution < -0.4 is 0 Å². The molecule has 13 heavy (non-hydrogen) atoms. The Kier molecular flexibility index (Phi) is 3.53. The topological polar surface area (TPSA) is 0 Å². The molecule has 0 radical (unpaired) electrons. The van der Waals surface area contributed by atoms with E-state index in [0.717, 1.165) is 6.42 Å². The van der Waals surface area contributed by atoms with Crippen LogP contribution in [0.15, 0.2) is 18.2 Å². The normalized spacial score (nSPS) is 12.9. The molecule has 0 amide bonds. The second-order valence-electron chi connectivity index (χ2n) is 3.85. The Hall–Kier alpha value is -0.780. The molecule has 1 aromatic carbocycles. The van der Waals surface area contributed by atoms with E-state index in [1.165, 1.54) is 23.1 Å². The van der Waals surface area contributed by atoms with Gasteiger partial charge in [0.25, 0.3) is 0 Å². The van der Waals surface area contributed by atoms with Crippen LogP contribution >= 0.6 is 0 Å². The maximum Gasteiger partial charge on any atom is -0.0193 e.